The molecule has 4 N–H and O–H groups in total. The van der Waals surface area contributed by atoms with E-state index >= 15 is 8.78 Å². The third-order valence-corrected chi connectivity index (χ3v) is 8.05. The molecule has 0 aliphatic heterocycles. The molecule has 2 saturated carbocycles. The van der Waals surface area contributed by atoms with Crippen LogP contribution in [0.2, 0.25) is 0 Å². The summed E-state index contributed by atoms with van der Waals surface area (Å²) in [7, 11) is 1.33. The maximum absolute atomic E-state index is 15.0. The lowest BCUT2D eigenvalue weighted by Gasteiger charge is -2.39. The van der Waals surface area contributed by atoms with E-state index in [1.165, 1.54) is 23.8 Å². The smallest absolute Gasteiger partial charge is 0.407 e. The number of hydrogen-bond acceptors (Lipinski definition) is 7. The van der Waals surface area contributed by atoms with Crippen LogP contribution < -0.4 is 16.4 Å². The second-order valence-corrected chi connectivity index (χ2v) is 10.8. The Morgan fingerprint density at radius 2 is 1.88 bits per heavy atom. The number of nitrogens with one attached hydrogen (secondary N) is 2. The van der Waals surface area contributed by atoms with E-state index in [0.717, 1.165) is 30.5 Å². The van der Waals surface area contributed by atoms with Gasteiger partial charge in [0.25, 0.3) is 0 Å². The Balaban J connectivity index is 1.28. The number of benzene rings is 1. The molecular formula is C29H31F2N7O2. The summed E-state index contributed by atoms with van der Waals surface area (Å²) in [6.07, 6.45) is 7.95. The molecule has 11 heteroatoms. The standard InChI is InChI=1S/C29H31F2N7O2/c1-15-9-18(12-23(32)27(15)36-29(39)40-2)20-7-8-33-14-25(20)35-28-34-13-19-5-6-24(37-38(19)28)26-21(30)10-17(11-22(26)31)16-3-4-16/h5-8,10-11,13-16,18,23,27H,3-4,9,12,32H2,1-2H3,(H,34,35)(H,36,39). The molecule has 3 heterocycles. The van der Waals surface area contributed by atoms with Gasteiger partial charge in [0.15, 0.2) is 0 Å². The number of rotatable bonds is 6. The van der Waals surface area contributed by atoms with E-state index in [0.29, 0.717) is 23.4 Å². The van der Waals surface area contributed by atoms with Gasteiger partial charge >= 0.3 is 6.09 Å². The lowest BCUT2D eigenvalue weighted by atomic mass is 9.73. The van der Waals surface area contributed by atoms with Gasteiger partial charge in [-0.15, -0.1) is 0 Å². The van der Waals surface area contributed by atoms with Crippen LogP contribution in [-0.4, -0.2) is 44.9 Å². The van der Waals surface area contributed by atoms with Crippen LogP contribution >= 0.6 is 0 Å². The molecule has 4 atom stereocenters. The van der Waals surface area contributed by atoms with E-state index in [9.17, 15) is 4.79 Å². The van der Waals surface area contributed by atoms with Gasteiger partial charge in [-0.3, -0.25) is 4.98 Å². The highest BCUT2D eigenvalue weighted by atomic mass is 19.1. The highest BCUT2D eigenvalue weighted by Crippen LogP contribution is 2.42. The summed E-state index contributed by atoms with van der Waals surface area (Å²) in [5.74, 6) is -0.403. The molecule has 4 unspecified atom stereocenters. The molecule has 40 heavy (non-hydrogen) atoms. The molecule has 4 aromatic rings. The molecule has 3 aromatic heterocycles. The number of methoxy groups -OCH3 is 1. The van der Waals surface area contributed by atoms with Gasteiger partial charge in [-0.2, -0.15) is 9.61 Å². The number of aromatic nitrogens is 4. The van der Waals surface area contributed by atoms with E-state index in [4.69, 9.17) is 10.5 Å². The molecular weight excluding hydrogens is 516 g/mol. The summed E-state index contributed by atoms with van der Waals surface area (Å²) in [5, 5.41) is 10.7. The van der Waals surface area contributed by atoms with Crippen LogP contribution in [0, 0.1) is 17.6 Å². The van der Waals surface area contributed by atoms with E-state index in [-0.39, 0.29) is 41.1 Å². The van der Waals surface area contributed by atoms with E-state index < -0.39 is 17.7 Å². The zero-order chi connectivity index (χ0) is 28.0. The van der Waals surface area contributed by atoms with Crippen molar-refractivity contribution >= 4 is 23.2 Å². The monoisotopic (exact) mass is 547 g/mol. The number of nitrogens with zero attached hydrogens (tertiary/aromatic N) is 4. The number of carbonyl (C=O) groups is 1. The van der Waals surface area contributed by atoms with Crippen molar-refractivity contribution in [3.05, 3.63) is 71.7 Å². The van der Waals surface area contributed by atoms with Crippen LogP contribution in [0.5, 0.6) is 0 Å². The number of nitrogens with two attached hydrogens (primary N) is 1. The first-order valence-electron chi connectivity index (χ1n) is 13.5. The number of carbonyl (C=O) groups excluding carboxylic acids is 1. The quantitative estimate of drug-likeness (QED) is 0.301. The van der Waals surface area contributed by atoms with E-state index in [2.05, 4.69) is 32.6 Å². The number of halogens is 2. The maximum Gasteiger partial charge on any atom is 0.407 e. The zero-order valence-corrected chi connectivity index (χ0v) is 22.3. The first-order valence-corrected chi connectivity index (χ1v) is 13.5. The van der Waals surface area contributed by atoms with Crippen LogP contribution in [0.1, 0.15) is 55.6 Å². The Morgan fingerprint density at radius 1 is 1.10 bits per heavy atom. The number of alkyl carbamates (subject to hydrolysis) is 1. The zero-order valence-electron chi connectivity index (χ0n) is 22.3. The Labute approximate surface area is 230 Å². The van der Waals surface area contributed by atoms with Gasteiger partial charge in [-0.1, -0.05) is 6.92 Å². The molecule has 2 aliphatic carbocycles. The Kier molecular flexibility index (Phi) is 6.83. The third-order valence-electron chi connectivity index (χ3n) is 8.05. The van der Waals surface area contributed by atoms with Crippen LogP contribution in [0.3, 0.4) is 0 Å². The number of pyridine rings is 1. The number of anilines is 2. The second kappa shape index (κ2) is 10.5. The van der Waals surface area contributed by atoms with Crippen molar-refractivity contribution in [1.82, 2.24) is 24.9 Å². The average Bonchev–Trinajstić information content (AvgIpc) is 3.72. The molecule has 1 aromatic carbocycles. The van der Waals surface area contributed by atoms with Crippen molar-refractivity contribution < 1.29 is 18.3 Å². The van der Waals surface area contributed by atoms with E-state index in [1.54, 1.807) is 30.7 Å². The molecule has 2 aliphatic rings. The summed E-state index contributed by atoms with van der Waals surface area (Å²) >= 11 is 0. The van der Waals surface area contributed by atoms with Gasteiger partial charge in [0.05, 0.1) is 42.0 Å². The van der Waals surface area contributed by atoms with Gasteiger partial charge in [-0.25, -0.2) is 18.6 Å². The summed E-state index contributed by atoms with van der Waals surface area (Å²) in [6, 6.07) is 7.64. The van der Waals surface area contributed by atoms with Gasteiger partial charge < -0.3 is 21.1 Å². The molecule has 6 rings (SSSR count). The highest BCUT2D eigenvalue weighted by Gasteiger charge is 2.36. The van der Waals surface area contributed by atoms with Crippen LogP contribution in [0.15, 0.2) is 48.9 Å². The van der Waals surface area contributed by atoms with Crippen LogP contribution in [-0.2, 0) is 4.74 Å². The Morgan fingerprint density at radius 3 is 2.58 bits per heavy atom. The Bertz CT molecular complexity index is 1540. The summed E-state index contributed by atoms with van der Waals surface area (Å²) in [6.45, 7) is 2.06. The van der Waals surface area contributed by atoms with Crippen LogP contribution in [0.25, 0.3) is 16.8 Å². The highest BCUT2D eigenvalue weighted by molar-refractivity contribution is 5.68. The van der Waals surface area contributed by atoms with Crippen molar-refractivity contribution in [2.75, 3.05) is 12.4 Å². The lowest BCUT2D eigenvalue weighted by molar-refractivity contribution is 0.149. The minimum atomic E-state index is -0.624. The fourth-order valence-corrected chi connectivity index (χ4v) is 5.86. The average molecular weight is 548 g/mol. The maximum atomic E-state index is 15.0. The largest absolute Gasteiger partial charge is 0.453 e. The van der Waals surface area contributed by atoms with Crippen LogP contribution in [0.4, 0.5) is 25.2 Å². The fourth-order valence-electron chi connectivity index (χ4n) is 5.86. The predicted octanol–water partition coefficient (Wildman–Crippen LogP) is 5.26. The van der Waals surface area contributed by atoms with Crippen molar-refractivity contribution in [1.29, 1.82) is 0 Å². The molecule has 208 valence electrons. The van der Waals surface area contributed by atoms with Gasteiger partial charge in [0, 0.05) is 18.3 Å². The normalized spacial score (nSPS) is 22.7. The lowest BCUT2D eigenvalue weighted by Crippen LogP contribution is -2.54. The SMILES string of the molecule is COC(=O)NC1C(C)CC(c2ccncc2Nc2ncc3ccc(-c4c(F)cc(C5CC5)cc4F)nn23)CC1N. The topological polar surface area (TPSA) is 119 Å². The van der Waals surface area contributed by atoms with Crippen molar-refractivity contribution in [2.45, 2.75) is 56.5 Å². The minimum absolute atomic E-state index is 0.106. The first-order chi connectivity index (χ1) is 19.3. The summed E-state index contributed by atoms with van der Waals surface area (Å²) in [5.41, 5.74) is 9.61. The number of amides is 1. The van der Waals surface area contributed by atoms with Gasteiger partial charge in [0.1, 0.15) is 11.6 Å². The number of hydrogen-bond donors (Lipinski definition) is 3. The predicted molar refractivity (Wildman–Crippen MR) is 146 cm³/mol. The second-order valence-electron chi connectivity index (χ2n) is 10.8. The molecule has 0 radical (unpaired) electrons. The molecule has 1 amide bonds. The van der Waals surface area contributed by atoms with Crippen molar-refractivity contribution in [2.24, 2.45) is 11.7 Å². The summed E-state index contributed by atoms with van der Waals surface area (Å²) < 4.78 is 36.4. The molecule has 0 saturated heterocycles. The molecule has 2 fully saturated rings. The summed E-state index contributed by atoms with van der Waals surface area (Å²) in [4.78, 5) is 20.6. The first kappa shape index (κ1) is 26.1. The van der Waals surface area contributed by atoms with E-state index in [1.807, 2.05) is 6.07 Å². The Hall–Kier alpha value is -4.12. The molecule has 0 bridgehead atoms. The minimum Gasteiger partial charge on any atom is -0.453 e. The van der Waals surface area contributed by atoms with Crippen molar-refractivity contribution in [3.63, 3.8) is 0 Å². The van der Waals surface area contributed by atoms with Gasteiger partial charge in [0.2, 0.25) is 5.95 Å². The molecule has 0 spiro atoms. The van der Waals surface area contributed by atoms with Crippen molar-refractivity contribution in [3.8, 4) is 11.3 Å². The van der Waals surface area contributed by atoms with Gasteiger partial charge in [-0.05, 0) is 84.9 Å². The fraction of sp³-hybridized carbons (Fsp3) is 0.379. The number of ether oxygens (including phenoxy) is 1. The number of imidazole rings is 1. The number of fused-ring (bicyclic) bond motifs is 1. The molecule has 9 nitrogen and oxygen atoms in total. The third kappa shape index (κ3) is 4.97.